The minimum Gasteiger partial charge on any atom is -0.446 e. The highest BCUT2D eigenvalue weighted by molar-refractivity contribution is 5.94. The fourth-order valence-electron chi connectivity index (χ4n) is 5.47. The summed E-state index contributed by atoms with van der Waals surface area (Å²) in [5, 5.41) is 8.29. The van der Waals surface area contributed by atoms with Gasteiger partial charge in [-0.2, -0.15) is 9.61 Å². The molecule has 3 saturated heterocycles. The number of hydrogen-bond donors (Lipinski definition) is 1. The minimum absolute atomic E-state index is 0.109. The molecule has 0 aliphatic carbocycles. The van der Waals surface area contributed by atoms with Crippen LogP contribution in [0.15, 0.2) is 12.3 Å². The molecule has 0 saturated carbocycles. The third kappa shape index (κ3) is 5.96. The van der Waals surface area contributed by atoms with Crippen LogP contribution in [0.2, 0.25) is 0 Å². The van der Waals surface area contributed by atoms with Gasteiger partial charge in [0.25, 0.3) is 5.91 Å². The lowest BCUT2D eigenvalue weighted by Crippen LogP contribution is -2.63. The Kier molecular flexibility index (Phi) is 7.93. The predicted octanol–water partition coefficient (Wildman–Crippen LogP) is 3.33. The summed E-state index contributed by atoms with van der Waals surface area (Å²) >= 11 is 0. The van der Waals surface area contributed by atoms with Gasteiger partial charge in [-0.25, -0.2) is 14.2 Å². The zero-order valence-electron chi connectivity index (χ0n) is 22.9. The van der Waals surface area contributed by atoms with E-state index in [0.29, 0.717) is 24.9 Å². The zero-order valence-corrected chi connectivity index (χ0v) is 22.9. The van der Waals surface area contributed by atoms with Crippen LogP contribution >= 0.6 is 0 Å². The van der Waals surface area contributed by atoms with E-state index in [1.807, 2.05) is 10.7 Å². The molecule has 0 bridgehead atoms. The fraction of sp³-hybridized carbons (Fsp3) is 0.643. The van der Waals surface area contributed by atoms with E-state index in [9.17, 15) is 14.0 Å². The summed E-state index contributed by atoms with van der Waals surface area (Å²) < 4.78 is 27.5. The Hall–Kier alpha value is -3.39. The number of halogens is 1. The summed E-state index contributed by atoms with van der Waals surface area (Å²) in [7, 11) is 0. The van der Waals surface area contributed by atoms with Gasteiger partial charge in [-0.15, -0.1) is 0 Å². The summed E-state index contributed by atoms with van der Waals surface area (Å²) in [5.74, 6) is 6.07. The quantitative estimate of drug-likeness (QED) is 0.561. The van der Waals surface area contributed by atoms with Gasteiger partial charge >= 0.3 is 6.09 Å². The molecule has 5 rings (SSSR count). The smallest absolute Gasteiger partial charge is 0.409 e. The predicted molar refractivity (Wildman–Crippen MR) is 143 cm³/mol. The van der Waals surface area contributed by atoms with Crippen molar-refractivity contribution < 1.29 is 23.5 Å². The van der Waals surface area contributed by atoms with Crippen LogP contribution in [0, 0.1) is 11.8 Å². The number of hydrogen-bond acceptors (Lipinski definition) is 7. The molecular weight excluding hydrogens is 503 g/mol. The number of anilines is 1. The van der Waals surface area contributed by atoms with Crippen LogP contribution < -0.4 is 5.32 Å². The summed E-state index contributed by atoms with van der Waals surface area (Å²) in [5.41, 5.74) is 1.35. The molecule has 5 heterocycles. The molecule has 2 aromatic rings. The number of alkyl halides is 1. The number of amides is 2. The van der Waals surface area contributed by atoms with Crippen LogP contribution in [0.3, 0.4) is 0 Å². The fourth-order valence-corrected chi connectivity index (χ4v) is 5.47. The van der Waals surface area contributed by atoms with Crippen molar-refractivity contribution in [3.05, 3.63) is 23.5 Å². The standard InChI is InChI=1S/C28H37FN6O4/c1-4-5-25(36)34-16-28(29,17-34)18-39-27(37)33-10-6-21(7-11-33)31-24-14-23(20-8-12-38-13-9-20)32-26-22(19(2)3)15-30-35(24)26/h14-15,19-21,31H,6-13,16-18H2,1-3H3. The molecular formula is C28H37FN6O4. The Morgan fingerprint density at radius 1 is 1.21 bits per heavy atom. The van der Waals surface area contributed by atoms with Gasteiger partial charge in [-0.05, 0) is 44.4 Å². The maximum Gasteiger partial charge on any atom is 0.409 e. The van der Waals surface area contributed by atoms with E-state index in [0.717, 1.165) is 61.6 Å². The van der Waals surface area contributed by atoms with E-state index in [4.69, 9.17) is 14.5 Å². The molecule has 0 atom stereocenters. The lowest BCUT2D eigenvalue weighted by atomic mass is 9.96. The van der Waals surface area contributed by atoms with E-state index in [1.54, 1.807) is 11.8 Å². The van der Waals surface area contributed by atoms with E-state index in [-0.39, 0.29) is 25.7 Å². The SMILES string of the molecule is CC#CC(=O)N1CC(F)(COC(=O)N2CCC(Nc3cc(C4CCOCC4)nc4c(C(C)C)cnn34)CC2)C1. The average molecular weight is 541 g/mol. The first-order valence-corrected chi connectivity index (χ1v) is 13.8. The van der Waals surface area contributed by atoms with Gasteiger partial charge in [0.1, 0.15) is 12.4 Å². The third-order valence-electron chi connectivity index (χ3n) is 7.81. The Morgan fingerprint density at radius 2 is 1.92 bits per heavy atom. The monoisotopic (exact) mass is 540 g/mol. The van der Waals surface area contributed by atoms with Gasteiger partial charge in [-0.3, -0.25) is 4.79 Å². The topological polar surface area (TPSA) is 101 Å². The van der Waals surface area contributed by atoms with Crippen molar-refractivity contribution in [1.29, 1.82) is 0 Å². The van der Waals surface area contributed by atoms with Crippen molar-refractivity contribution in [3.8, 4) is 11.8 Å². The second-order valence-corrected chi connectivity index (χ2v) is 11.1. The molecule has 0 unspecified atom stereocenters. The number of ether oxygens (including phenoxy) is 2. The lowest BCUT2D eigenvalue weighted by Gasteiger charge is -2.43. The summed E-state index contributed by atoms with van der Waals surface area (Å²) in [6.07, 6.45) is 4.73. The number of carbonyl (C=O) groups is 2. The molecule has 3 aliphatic rings. The first-order valence-electron chi connectivity index (χ1n) is 13.8. The molecule has 11 heteroatoms. The number of likely N-dealkylation sites (tertiary alicyclic amines) is 2. The summed E-state index contributed by atoms with van der Waals surface area (Å²) in [6.45, 7) is 7.77. The van der Waals surface area contributed by atoms with Crippen molar-refractivity contribution >= 4 is 23.5 Å². The molecule has 2 aromatic heterocycles. The maximum absolute atomic E-state index is 14.8. The number of aromatic nitrogens is 3. The van der Waals surface area contributed by atoms with Gasteiger partial charge in [0.2, 0.25) is 0 Å². The highest BCUT2D eigenvalue weighted by atomic mass is 19.1. The molecule has 3 aliphatic heterocycles. The number of piperidine rings is 1. The van der Waals surface area contributed by atoms with Crippen LogP contribution in [0.1, 0.15) is 69.5 Å². The van der Waals surface area contributed by atoms with E-state index in [1.165, 1.54) is 4.90 Å². The van der Waals surface area contributed by atoms with Crippen LogP contribution in [0.25, 0.3) is 5.65 Å². The normalized spacial score (nSPS) is 19.9. The molecule has 210 valence electrons. The number of nitrogens with zero attached hydrogens (tertiary/aromatic N) is 5. The van der Waals surface area contributed by atoms with Crippen molar-refractivity contribution in [2.75, 3.05) is 51.3 Å². The first kappa shape index (κ1) is 27.2. The number of carbonyl (C=O) groups excluding carboxylic acids is 2. The van der Waals surface area contributed by atoms with Gasteiger partial charge in [-0.1, -0.05) is 19.8 Å². The number of rotatable bonds is 6. The molecule has 1 N–H and O–H groups in total. The minimum atomic E-state index is -1.71. The van der Waals surface area contributed by atoms with Crippen LogP contribution in [0.5, 0.6) is 0 Å². The largest absolute Gasteiger partial charge is 0.446 e. The maximum atomic E-state index is 14.8. The van der Waals surface area contributed by atoms with E-state index < -0.39 is 17.7 Å². The number of fused-ring (bicyclic) bond motifs is 1. The lowest BCUT2D eigenvalue weighted by molar-refractivity contribution is -0.142. The molecule has 0 radical (unpaired) electrons. The van der Waals surface area contributed by atoms with Crippen molar-refractivity contribution in [2.24, 2.45) is 0 Å². The molecule has 2 amide bonds. The Morgan fingerprint density at radius 3 is 2.59 bits per heavy atom. The van der Waals surface area contributed by atoms with Crippen LogP contribution in [0.4, 0.5) is 15.0 Å². The highest BCUT2D eigenvalue weighted by Crippen LogP contribution is 2.31. The summed E-state index contributed by atoms with van der Waals surface area (Å²) in [6, 6.07) is 2.26. The molecule has 10 nitrogen and oxygen atoms in total. The highest BCUT2D eigenvalue weighted by Gasteiger charge is 2.47. The van der Waals surface area contributed by atoms with E-state index in [2.05, 4.69) is 42.2 Å². The van der Waals surface area contributed by atoms with Gasteiger partial charge in [0, 0.05) is 55.6 Å². The molecule has 39 heavy (non-hydrogen) atoms. The van der Waals surface area contributed by atoms with Crippen molar-refractivity contribution in [1.82, 2.24) is 24.4 Å². The van der Waals surface area contributed by atoms with Crippen molar-refractivity contribution in [2.45, 2.75) is 70.0 Å². The van der Waals surface area contributed by atoms with Crippen molar-refractivity contribution in [3.63, 3.8) is 0 Å². The van der Waals surface area contributed by atoms with E-state index >= 15 is 0 Å². The molecule has 0 spiro atoms. The van der Waals surface area contributed by atoms with Gasteiger partial charge in [0.05, 0.1) is 19.3 Å². The zero-order chi connectivity index (χ0) is 27.6. The second-order valence-electron chi connectivity index (χ2n) is 11.1. The Bertz CT molecular complexity index is 1260. The Balaban J connectivity index is 1.18. The van der Waals surface area contributed by atoms with Crippen LogP contribution in [-0.4, -0.2) is 94.1 Å². The average Bonchev–Trinajstić information content (AvgIpc) is 3.36. The van der Waals surface area contributed by atoms with Crippen LogP contribution in [-0.2, 0) is 14.3 Å². The second kappa shape index (κ2) is 11.4. The first-order chi connectivity index (χ1) is 18.8. The third-order valence-corrected chi connectivity index (χ3v) is 7.81. The summed E-state index contributed by atoms with van der Waals surface area (Å²) in [4.78, 5) is 32.3. The number of nitrogens with one attached hydrogen (secondary N) is 1. The molecule has 3 fully saturated rings. The molecule has 0 aromatic carbocycles. The Labute approximate surface area is 228 Å². The van der Waals surface area contributed by atoms with Gasteiger partial charge < -0.3 is 24.6 Å². The van der Waals surface area contributed by atoms with Gasteiger partial charge in [0.15, 0.2) is 11.3 Å².